The average molecular weight is 581 g/mol. The third-order valence-electron chi connectivity index (χ3n) is 6.26. The zero-order chi connectivity index (χ0) is 24.9. The van der Waals surface area contributed by atoms with Gasteiger partial charge in [0.25, 0.3) is 11.8 Å². The van der Waals surface area contributed by atoms with Gasteiger partial charge in [-0.1, -0.05) is 71.2 Å². The van der Waals surface area contributed by atoms with E-state index in [0.29, 0.717) is 16.8 Å². The van der Waals surface area contributed by atoms with Crippen LogP contribution in [0, 0.1) is 0 Å². The molecule has 8 heteroatoms. The smallest absolute Gasteiger partial charge is 0.256 e. The summed E-state index contributed by atoms with van der Waals surface area (Å²) in [6, 6.07) is 21.2. The fourth-order valence-electron chi connectivity index (χ4n) is 4.36. The Balaban J connectivity index is 1.26. The van der Waals surface area contributed by atoms with E-state index in [9.17, 15) is 9.59 Å². The van der Waals surface area contributed by atoms with E-state index in [0.717, 1.165) is 50.5 Å². The van der Waals surface area contributed by atoms with E-state index in [1.165, 1.54) is 12.0 Å². The summed E-state index contributed by atoms with van der Waals surface area (Å²) < 4.78 is 3.06. The van der Waals surface area contributed by atoms with Gasteiger partial charge in [-0.3, -0.25) is 9.59 Å². The largest absolute Gasteiger partial charge is 0.349 e. The normalized spacial score (nSPS) is 14.0. The van der Waals surface area contributed by atoms with Gasteiger partial charge in [-0.05, 0) is 60.9 Å². The first-order valence-electron chi connectivity index (χ1n) is 12.0. The molecule has 3 aromatic carbocycles. The highest BCUT2D eigenvalue weighted by atomic mass is 79.9. The Morgan fingerprint density at radius 2 is 1.67 bits per heavy atom. The van der Waals surface area contributed by atoms with Crippen molar-refractivity contribution >= 4 is 66.7 Å². The molecule has 5 rings (SSSR count). The molecule has 1 saturated carbocycles. The predicted octanol–water partition coefficient (Wildman–Crippen LogP) is 7.67. The molecule has 0 radical (unpaired) electrons. The van der Waals surface area contributed by atoms with E-state index in [4.69, 9.17) is 4.98 Å². The average Bonchev–Trinajstić information content (AvgIpc) is 3.31. The van der Waals surface area contributed by atoms with Crippen LogP contribution in [-0.4, -0.2) is 22.8 Å². The Labute approximate surface area is 227 Å². The van der Waals surface area contributed by atoms with Crippen LogP contribution in [0.25, 0.3) is 10.2 Å². The fourth-order valence-corrected chi connectivity index (χ4v) is 6.68. The van der Waals surface area contributed by atoms with Gasteiger partial charge >= 0.3 is 0 Å². The third kappa shape index (κ3) is 6.17. The van der Waals surface area contributed by atoms with Crippen molar-refractivity contribution in [2.45, 2.75) is 48.2 Å². The molecule has 0 atom stereocenters. The summed E-state index contributed by atoms with van der Waals surface area (Å²) in [6.45, 7) is 0. The standard InChI is InChI=1S/C28H26BrN3O2S2/c29-19-12-10-18(11-13-19)17-35-28-32-24-15-14-21(16-25(24)36-28)31-27(34)23-9-5-4-8-22(23)26(33)30-20-6-2-1-3-7-20/h4-5,8-16,20H,1-3,6-7,17H2,(H,30,33)(H,31,34). The molecule has 1 aliphatic carbocycles. The summed E-state index contributed by atoms with van der Waals surface area (Å²) in [5.74, 6) is 0.368. The first-order valence-corrected chi connectivity index (χ1v) is 14.6. The van der Waals surface area contributed by atoms with Crippen molar-refractivity contribution in [3.63, 3.8) is 0 Å². The number of hydrogen-bond acceptors (Lipinski definition) is 5. The van der Waals surface area contributed by atoms with E-state index in [1.807, 2.05) is 30.3 Å². The monoisotopic (exact) mass is 579 g/mol. The van der Waals surface area contributed by atoms with Crippen molar-refractivity contribution in [3.8, 4) is 0 Å². The van der Waals surface area contributed by atoms with Crippen LogP contribution in [0.1, 0.15) is 58.4 Å². The Hall–Kier alpha value is -2.68. The first-order chi connectivity index (χ1) is 17.5. The van der Waals surface area contributed by atoms with Crippen LogP contribution < -0.4 is 10.6 Å². The van der Waals surface area contributed by atoms with E-state index < -0.39 is 0 Å². The lowest BCUT2D eigenvalue weighted by molar-refractivity contribution is 0.0917. The Morgan fingerprint density at radius 3 is 2.42 bits per heavy atom. The minimum Gasteiger partial charge on any atom is -0.349 e. The van der Waals surface area contributed by atoms with Crippen molar-refractivity contribution in [1.29, 1.82) is 0 Å². The number of aromatic nitrogens is 1. The van der Waals surface area contributed by atoms with Gasteiger partial charge in [-0.25, -0.2) is 4.98 Å². The summed E-state index contributed by atoms with van der Waals surface area (Å²) in [5.41, 5.74) is 3.61. The second-order valence-electron chi connectivity index (χ2n) is 8.89. The summed E-state index contributed by atoms with van der Waals surface area (Å²) >= 11 is 6.78. The number of nitrogens with zero attached hydrogens (tertiary/aromatic N) is 1. The number of fused-ring (bicyclic) bond motifs is 1. The van der Waals surface area contributed by atoms with Crippen molar-refractivity contribution in [2.24, 2.45) is 0 Å². The summed E-state index contributed by atoms with van der Waals surface area (Å²) in [5, 5.41) is 6.09. The molecule has 1 aromatic heterocycles. The molecule has 184 valence electrons. The number of amides is 2. The predicted molar refractivity (Wildman–Crippen MR) is 152 cm³/mol. The lowest BCUT2D eigenvalue weighted by Crippen LogP contribution is -2.37. The molecule has 1 aliphatic rings. The number of anilines is 1. The maximum atomic E-state index is 13.1. The molecule has 0 unspecified atom stereocenters. The second kappa shape index (κ2) is 11.6. The number of rotatable bonds is 7. The van der Waals surface area contributed by atoms with E-state index in [1.54, 1.807) is 47.4 Å². The second-order valence-corrected chi connectivity index (χ2v) is 12.1. The van der Waals surface area contributed by atoms with Gasteiger partial charge in [0.2, 0.25) is 0 Å². The minimum absolute atomic E-state index is 0.182. The van der Waals surface area contributed by atoms with Crippen molar-refractivity contribution in [1.82, 2.24) is 10.3 Å². The fraction of sp³-hybridized carbons (Fsp3) is 0.250. The summed E-state index contributed by atoms with van der Waals surface area (Å²) in [7, 11) is 0. The van der Waals surface area contributed by atoms with Gasteiger partial charge in [-0.15, -0.1) is 11.3 Å². The first kappa shape index (κ1) is 25.0. The van der Waals surface area contributed by atoms with Crippen LogP contribution in [0.15, 0.2) is 75.5 Å². The molecule has 36 heavy (non-hydrogen) atoms. The van der Waals surface area contributed by atoms with E-state index >= 15 is 0 Å². The van der Waals surface area contributed by atoms with Crippen LogP contribution in [0.5, 0.6) is 0 Å². The Bertz CT molecular complexity index is 1380. The molecule has 0 bridgehead atoms. The molecular formula is C28H26BrN3O2S2. The molecule has 1 heterocycles. The molecule has 2 N–H and O–H groups in total. The Morgan fingerprint density at radius 1 is 0.944 bits per heavy atom. The van der Waals surface area contributed by atoms with Gasteiger partial charge < -0.3 is 10.6 Å². The molecule has 0 saturated heterocycles. The number of halogens is 1. The maximum Gasteiger partial charge on any atom is 0.256 e. The van der Waals surface area contributed by atoms with Gasteiger partial charge in [0.05, 0.1) is 21.3 Å². The van der Waals surface area contributed by atoms with E-state index in [-0.39, 0.29) is 17.9 Å². The lowest BCUT2D eigenvalue weighted by atomic mass is 9.95. The molecule has 0 aliphatic heterocycles. The summed E-state index contributed by atoms with van der Waals surface area (Å²) in [6.07, 6.45) is 5.49. The Kier molecular flexibility index (Phi) is 8.04. The molecule has 5 nitrogen and oxygen atoms in total. The van der Waals surface area contributed by atoms with Gasteiger partial charge in [0.1, 0.15) is 0 Å². The van der Waals surface area contributed by atoms with Crippen LogP contribution in [0.3, 0.4) is 0 Å². The highest BCUT2D eigenvalue weighted by Crippen LogP contribution is 2.33. The van der Waals surface area contributed by atoms with Crippen LogP contribution in [-0.2, 0) is 5.75 Å². The molecule has 1 fully saturated rings. The van der Waals surface area contributed by atoms with Crippen molar-refractivity contribution in [2.75, 3.05) is 5.32 Å². The zero-order valence-corrected chi connectivity index (χ0v) is 22.8. The number of thioether (sulfide) groups is 1. The topological polar surface area (TPSA) is 71.1 Å². The molecular weight excluding hydrogens is 554 g/mol. The van der Waals surface area contributed by atoms with Gasteiger partial charge in [0.15, 0.2) is 4.34 Å². The number of carbonyl (C=O) groups excluding carboxylic acids is 2. The molecule has 0 spiro atoms. The highest BCUT2D eigenvalue weighted by Gasteiger charge is 2.21. The number of nitrogens with one attached hydrogen (secondary N) is 2. The van der Waals surface area contributed by atoms with Gasteiger partial charge in [0, 0.05) is 22.0 Å². The molecule has 4 aromatic rings. The minimum atomic E-state index is -0.293. The third-order valence-corrected chi connectivity index (χ3v) is 9.02. The summed E-state index contributed by atoms with van der Waals surface area (Å²) in [4.78, 5) is 30.8. The van der Waals surface area contributed by atoms with E-state index in [2.05, 4.69) is 38.7 Å². The van der Waals surface area contributed by atoms with Crippen LogP contribution in [0.4, 0.5) is 5.69 Å². The number of thiazole rings is 1. The number of hydrogen-bond donors (Lipinski definition) is 2. The maximum absolute atomic E-state index is 13.1. The van der Waals surface area contributed by atoms with Crippen LogP contribution in [0.2, 0.25) is 0 Å². The van der Waals surface area contributed by atoms with Crippen molar-refractivity contribution < 1.29 is 9.59 Å². The highest BCUT2D eigenvalue weighted by molar-refractivity contribution is 9.10. The molecule has 2 amide bonds. The number of benzene rings is 3. The van der Waals surface area contributed by atoms with Crippen LogP contribution >= 0.6 is 39.0 Å². The lowest BCUT2D eigenvalue weighted by Gasteiger charge is -2.23. The van der Waals surface area contributed by atoms with Gasteiger partial charge in [-0.2, -0.15) is 0 Å². The van der Waals surface area contributed by atoms with Crippen molar-refractivity contribution in [3.05, 3.63) is 87.9 Å². The zero-order valence-electron chi connectivity index (χ0n) is 19.6. The quantitative estimate of drug-likeness (QED) is 0.220. The number of carbonyl (C=O) groups is 2. The SMILES string of the molecule is O=C(Nc1ccc2nc(SCc3ccc(Br)cc3)sc2c1)c1ccccc1C(=O)NC1CCCCC1.